The molecule has 0 unspecified atom stereocenters. The molecule has 1 atom stereocenters. The normalized spacial score (nSPS) is 12.4. The number of methoxy groups -OCH3 is 1. The predicted molar refractivity (Wildman–Crippen MR) is 94.4 cm³/mol. The van der Waals surface area contributed by atoms with E-state index in [1.165, 1.54) is 10.9 Å². The molecule has 0 aromatic carbocycles. The first kappa shape index (κ1) is 17.2. The van der Waals surface area contributed by atoms with Gasteiger partial charge in [0.25, 0.3) is 5.56 Å². The Bertz CT molecular complexity index is 925. The minimum absolute atomic E-state index is 0.135. The van der Waals surface area contributed by atoms with Crippen molar-refractivity contribution in [3.05, 3.63) is 53.0 Å². The van der Waals surface area contributed by atoms with Crippen molar-refractivity contribution < 1.29 is 9.84 Å². The SMILES string of the molecule is COCCc1cc2c(=O)n([C@@H](C)CO)cnc2c(-c2cccnc2)n1. The molecular weight excluding hydrogens is 320 g/mol. The quantitative estimate of drug-likeness (QED) is 0.733. The maximum absolute atomic E-state index is 12.9. The highest BCUT2D eigenvalue weighted by molar-refractivity contribution is 5.90. The van der Waals surface area contributed by atoms with Crippen LogP contribution in [-0.4, -0.2) is 44.9 Å². The summed E-state index contributed by atoms with van der Waals surface area (Å²) in [7, 11) is 1.63. The Labute approximate surface area is 145 Å². The minimum atomic E-state index is -0.346. The summed E-state index contributed by atoms with van der Waals surface area (Å²) in [6.45, 7) is 2.14. The van der Waals surface area contributed by atoms with Crippen LogP contribution in [0.5, 0.6) is 0 Å². The van der Waals surface area contributed by atoms with Gasteiger partial charge in [0.05, 0.1) is 36.7 Å². The average Bonchev–Trinajstić information content (AvgIpc) is 2.66. The summed E-state index contributed by atoms with van der Waals surface area (Å²) >= 11 is 0. The number of aliphatic hydroxyl groups is 1. The van der Waals surface area contributed by atoms with E-state index in [2.05, 4.69) is 15.0 Å². The number of nitrogens with zero attached hydrogens (tertiary/aromatic N) is 4. The Morgan fingerprint density at radius 3 is 2.92 bits per heavy atom. The molecule has 0 spiro atoms. The first-order chi connectivity index (χ1) is 12.2. The Morgan fingerprint density at radius 1 is 1.40 bits per heavy atom. The fourth-order valence-electron chi connectivity index (χ4n) is 2.64. The van der Waals surface area contributed by atoms with Crippen LogP contribution in [0.3, 0.4) is 0 Å². The predicted octanol–water partition coefficient (Wildman–Crippen LogP) is 1.60. The van der Waals surface area contributed by atoms with E-state index in [-0.39, 0.29) is 18.2 Å². The van der Waals surface area contributed by atoms with Gasteiger partial charge < -0.3 is 9.84 Å². The molecule has 7 nitrogen and oxygen atoms in total. The number of hydrogen-bond donors (Lipinski definition) is 1. The fourth-order valence-corrected chi connectivity index (χ4v) is 2.64. The number of pyridine rings is 2. The van der Waals surface area contributed by atoms with Crippen LogP contribution in [0.15, 0.2) is 41.7 Å². The average molecular weight is 340 g/mol. The molecule has 3 aromatic rings. The summed E-state index contributed by atoms with van der Waals surface area (Å²) in [5.41, 5.74) is 2.50. The maximum atomic E-state index is 12.9. The second-order valence-electron chi connectivity index (χ2n) is 5.83. The van der Waals surface area contributed by atoms with Crippen molar-refractivity contribution in [1.29, 1.82) is 0 Å². The zero-order chi connectivity index (χ0) is 17.8. The van der Waals surface area contributed by atoms with Crippen molar-refractivity contribution in [2.75, 3.05) is 20.3 Å². The Morgan fingerprint density at radius 2 is 2.24 bits per heavy atom. The first-order valence-electron chi connectivity index (χ1n) is 8.06. The smallest absolute Gasteiger partial charge is 0.261 e. The van der Waals surface area contributed by atoms with Crippen LogP contribution in [0, 0.1) is 0 Å². The number of hydrogen-bond acceptors (Lipinski definition) is 6. The molecular formula is C18H20N4O3. The van der Waals surface area contributed by atoms with Crippen LogP contribution in [0.1, 0.15) is 18.7 Å². The van der Waals surface area contributed by atoms with Crippen LogP contribution >= 0.6 is 0 Å². The lowest BCUT2D eigenvalue weighted by Crippen LogP contribution is -2.26. The van der Waals surface area contributed by atoms with Gasteiger partial charge in [-0.25, -0.2) is 4.98 Å². The lowest BCUT2D eigenvalue weighted by Gasteiger charge is -2.14. The lowest BCUT2D eigenvalue weighted by molar-refractivity contribution is 0.201. The van der Waals surface area contributed by atoms with Gasteiger partial charge in [-0.05, 0) is 25.1 Å². The van der Waals surface area contributed by atoms with Crippen LogP contribution in [-0.2, 0) is 11.2 Å². The molecule has 0 saturated heterocycles. The van der Waals surface area contributed by atoms with Crippen LogP contribution in [0.2, 0.25) is 0 Å². The molecule has 25 heavy (non-hydrogen) atoms. The Hall–Kier alpha value is -2.64. The second-order valence-corrected chi connectivity index (χ2v) is 5.83. The monoisotopic (exact) mass is 340 g/mol. The van der Waals surface area contributed by atoms with Crippen molar-refractivity contribution in [2.24, 2.45) is 0 Å². The molecule has 3 aromatic heterocycles. The summed E-state index contributed by atoms with van der Waals surface area (Å²) in [5.74, 6) is 0. The van der Waals surface area contributed by atoms with E-state index in [0.29, 0.717) is 29.6 Å². The summed E-state index contributed by atoms with van der Waals surface area (Å²) < 4.78 is 6.57. The van der Waals surface area contributed by atoms with Crippen molar-refractivity contribution >= 4 is 10.9 Å². The van der Waals surface area contributed by atoms with E-state index in [9.17, 15) is 9.90 Å². The van der Waals surface area contributed by atoms with Gasteiger partial charge in [-0.3, -0.25) is 19.3 Å². The maximum Gasteiger partial charge on any atom is 0.261 e. The molecule has 0 radical (unpaired) electrons. The molecule has 7 heteroatoms. The van der Waals surface area contributed by atoms with E-state index in [1.807, 2.05) is 12.1 Å². The number of ether oxygens (including phenoxy) is 1. The molecule has 130 valence electrons. The van der Waals surface area contributed by atoms with Crippen LogP contribution in [0.4, 0.5) is 0 Å². The second kappa shape index (κ2) is 7.50. The molecule has 0 aliphatic carbocycles. The fraction of sp³-hybridized carbons (Fsp3) is 0.333. The third-order valence-electron chi connectivity index (χ3n) is 4.06. The number of fused-ring (bicyclic) bond motifs is 1. The molecule has 0 amide bonds. The van der Waals surface area contributed by atoms with Gasteiger partial charge in [0.1, 0.15) is 5.52 Å². The number of rotatable bonds is 6. The molecule has 3 heterocycles. The van der Waals surface area contributed by atoms with Crippen LogP contribution < -0.4 is 5.56 Å². The summed E-state index contributed by atoms with van der Waals surface area (Å²) in [6.07, 6.45) is 5.43. The molecule has 3 rings (SSSR count). The summed E-state index contributed by atoms with van der Waals surface area (Å²) in [4.78, 5) is 26.1. The zero-order valence-electron chi connectivity index (χ0n) is 14.2. The molecule has 0 bridgehead atoms. The van der Waals surface area contributed by atoms with Crippen molar-refractivity contribution in [3.63, 3.8) is 0 Å². The summed E-state index contributed by atoms with van der Waals surface area (Å²) in [6, 6.07) is 5.12. The van der Waals surface area contributed by atoms with E-state index in [1.54, 1.807) is 32.5 Å². The van der Waals surface area contributed by atoms with Gasteiger partial charge in [0, 0.05) is 37.2 Å². The lowest BCUT2D eigenvalue weighted by atomic mass is 10.1. The van der Waals surface area contributed by atoms with E-state index in [4.69, 9.17) is 4.74 Å². The van der Waals surface area contributed by atoms with Gasteiger partial charge in [0.15, 0.2) is 0 Å². The highest BCUT2D eigenvalue weighted by atomic mass is 16.5. The van der Waals surface area contributed by atoms with E-state index in [0.717, 1.165) is 11.3 Å². The van der Waals surface area contributed by atoms with Gasteiger partial charge in [-0.1, -0.05) is 0 Å². The van der Waals surface area contributed by atoms with Gasteiger partial charge in [0.2, 0.25) is 0 Å². The molecule has 0 saturated carbocycles. The third kappa shape index (κ3) is 3.42. The van der Waals surface area contributed by atoms with Crippen molar-refractivity contribution in [2.45, 2.75) is 19.4 Å². The standard InChI is InChI=1S/C18H20N4O3/c1-12(10-23)22-11-20-17-15(18(22)24)8-14(5-7-25-2)21-16(17)13-4-3-6-19-9-13/h3-4,6,8-9,11-12,23H,5,7,10H2,1-2H3/t12-/m0/s1. The highest BCUT2D eigenvalue weighted by Crippen LogP contribution is 2.24. The molecule has 0 aliphatic heterocycles. The zero-order valence-corrected chi connectivity index (χ0v) is 14.2. The minimum Gasteiger partial charge on any atom is -0.394 e. The number of aliphatic hydroxyl groups excluding tert-OH is 1. The molecule has 1 N–H and O–H groups in total. The topological polar surface area (TPSA) is 90.1 Å². The van der Waals surface area contributed by atoms with Crippen LogP contribution in [0.25, 0.3) is 22.2 Å². The third-order valence-corrected chi connectivity index (χ3v) is 4.06. The largest absolute Gasteiger partial charge is 0.394 e. The van der Waals surface area contributed by atoms with E-state index >= 15 is 0 Å². The van der Waals surface area contributed by atoms with Gasteiger partial charge in [-0.2, -0.15) is 0 Å². The molecule has 0 aliphatic rings. The van der Waals surface area contributed by atoms with Gasteiger partial charge >= 0.3 is 0 Å². The van der Waals surface area contributed by atoms with Crippen molar-refractivity contribution in [1.82, 2.24) is 19.5 Å². The van der Waals surface area contributed by atoms with E-state index < -0.39 is 0 Å². The Balaban J connectivity index is 2.27. The van der Waals surface area contributed by atoms with Crippen molar-refractivity contribution in [3.8, 4) is 11.3 Å². The summed E-state index contributed by atoms with van der Waals surface area (Å²) in [5, 5.41) is 9.84. The molecule has 0 fully saturated rings. The Kier molecular flexibility index (Phi) is 5.16. The first-order valence-corrected chi connectivity index (χ1v) is 8.06. The highest BCUT2D eigenvalue weighted by Gasteiger charge is 2.15. The number of aromatic nitrogens is 4. The van der Waals surface area contributed by atoms with Gasteiger partial charge in [-0.15, -0.1) is 0 Å².